The summed E-state index contributed by atoms with van der Waals surface area (Å²) in [5.41, 5.74) is 0.602. The van der Waals surface area contributed by atoms with E-state index in [4.69, 9.17) is 6.57 Å². The molecule has 0 aliphatic heterocycles. The van der Waals surface area contributed by atoms with Gasteiger partial charge in [-0.1, -0.05) is 19.8 Å². The molecule has 62 valence electrons. The average molecular weight is 151 g/mol. The van der Waals surface area contributed by atoms with Crippen LogP contribution in [0.4, 0.5) is 0 Å². The summed E-state index contributed by atoms with van der Waals surface area (Å²) in [6, 6.07) is 0. The zero-order valence-electron chi connectivity index (χ0n) is 7.40. The molecule has 1 saturated carbocycles. The first kappa shape index (κ1) is 8.59. The van der Waals surface area contributed by atoms with Crippen LogP contribution in [0.1, 0.15) is 45.4 Å². The Morgan fingerprint density at radius 2 is 2.00 bits per heavy atom. The third kappa shape index (κ3) is 2.54. The van der Waals surface area contributed by atoms with Crippen LogP contribution in [-0.2, 0) is 0 Å². The molecule has 0 heterocycles. The van der Waals surface area contributed by atoms with E-state index in [-0.39, 0.29) is 0 Å². The molecular weight excluding hydrogens is 134 g/mol. The van der Waals surface area contributed by atoms with Crippen molar-refractivity contribution in [1.29, 1.82) is 0 Å². The van der Waals surface area contributed by atoms with Gasteiger partial charge in [-0.05, 0) is 24.7 Å². The van der Waals surface area contributed by atoms with E-state index in [1.54, 1.807) is 0 Å². The first-order valence-electron chi connectivity index (χ1n) is 4.60. The van der Waals surface area contributed by atoms with E-state index in [0.29, 0.717) is 5.41 Å². The van der Waals surface area contributed by atoms with Crippen molar-refractivity contribution in [3.8, 4) is 0 Å². The number of rotatable bonds is 3. The molecule has 0 aromatic heterocycles. The molecule has 0 amide bonds. The Bertz CT molecular complexity index is 149. The zero-order chi connectivity index (χ0) is 8.16. The van der Waals surface area contributed by atoms with Crippen molar-refractivity contribution < 1.29 is 0 Å². The standard InChI is InChI=1S/C10H17N/c1-10(6-3-4-7-10)8-5-9-11-2/h3-9H2,1H3. The second-order valence-electron chi connectivity index (χ2n) is 4.00. The van der Waals surface area contributed by atoms with Gasteiger partial charge < -0.3 is 4.85 Å². The summed E-state index contributed by atoms with van der Waals surface area (Å²) >= 11 is 0. The van der Waals surface area contributed by atoms with Crippen molar-refractivity contribution in [2.45, 2.75) is 45.4 Å². The summed E-state index contributed by atoms with van der Waals surface area (Å²) in [6.45, 7) is 9.78. The van der Waals surface area contributed by atoms with Gasteiger partial charge >= 0.3 is 0 Å². The van der Waals surface area contributed by atoms with Crippen LogP contribution in [0.2, 0.25) is 0 Å². The van der Waals surface area contributed by atoms with E-state index >= 15 is 0 Å². The minimum Gasteiger partial charge on any atom is -0.317 e. The zero-order valence-corrected chi connectivity index (χ0v) is 7.40. The molecular formula is C10H17N. The number of nitrogens with zero attached hydrogens (tertiary/aromatic N) is 1. The molecule has 1 aliphatic rings. The van der Waals surface area contributed by atoms with Gasteiger partial charge in [-0.25, -0.2) is 6.57 Å². The van der Waals surface area contributed by atoms with E-state index in [0.717, 1.165) is 13.0 Å². The maximum absolute atomic E-state index is 6.67. The summed E-state index contributed by atoms with van der Waals surface area (Å²) in [5, 5.41) is 0. The van der Waals surface area contributed by atoms with Gasteiger partial charge in [0.05, 0.1) is 0 Å². The van der Waals surface area contributed by atoms with Crippen LogP contribution < -0.4 is 0 Å². The lowest BCUT2D eigenvalue weighted by atomic mass is 9.84. The van der Waals surface area contributed by atoms with Crippen molar-refractivity contribution >= 4 is 0 Å². The van der Waals surface area contributed by atoms with Gasteiger partial charge in [-0.3, -0.25) is 0 Å². The highest BCUT2D eigenvalue weighted by Gasteiger charge is 2.27. The second-order valence-corrected chi connectivity index (χ2v) is 4.00. The maximum Gasteiger partial charge on any atom is 0.214 e. The molecule has 1 nitrogen and oxygen atoms in total. The summed E-state index contributed by atoms with van der Waals surface area (Å²) < 4.78 is 0. The number of hydrogen-bond acceptors (Lipinski definition) is 0. The molecule has 11 heavy (non-hydrogen) atoms. The van der Waals surface area contributed by atoms with Crippen LogP contribution in [0, 0.1) is 12.0 Å². The Labute approximate surface area is 69.6 Å². The van der Waals surface area contributed by atoms with Crippen LogP contribution in [0.3, 0.4) is 0 Å². The number of hydrogen-bond donors (Lipinski definition) is 0. The Hall–Kier alpha value is -0.510. The monoisotopic (exact) mass is 151 g/mol. The topological polar surface area (TPSA) is 4.36 Å². The van der Waals surface area contributed by atoms with Crippen LogP contribution >= 0.6 is 0 Å². The SMILES string of the molecule is [C-]#[N+]CCCC1(C)CCCC1. The van der Waals surface area contributed by atoms with E-state index in [1.807, 2.05) is 0 Å². The Morgan fingerprint density at radius 3 is 2.55 bits per heavy atom. The molecule has 1 heteroatoms. The summed E-state index contributed by atoms with van der Waals surface area (Å²) in [5.74, 6) is 0. The fourth-order valence-corrected chi connectivity index (χ4v) is 2.06. The van der Waals surface area contributed by atoms with Crippen molar-refractivity contribution in [1.82, 2.24) is 0 Å². The van der Waals surface area contributed by atoms with E-state index in [9.17, 15) is 0 Å². The molecule has 0 unspecified atom stereocenters. The second kappa shape index (κ2) is 3.76. The minimum absolute atomic E-state index is 0.602. The van der Waals surface area contributed by atoms with Crippen LogP contribution in [0.25, 0.3) is 4.85 Å². The van der Waals surface area contributed by atoms with Crippen LogP contribution in [0.5, 0.6) is 0 Å². The highest BCUT2D eigenvalue weighted by Crippen LogP contribution is 2.41. The van der Waals surface area contributed by atoms with Crippen molar-refractivity contribution in [2.75, 3.05) is 6.54 Å². The first-order chi connectivity index (χ1) is 5.27. The van der Waals surface area contributed by atoms with E-state index < -0.39 is 0 Å². The molecule has 1 rings (SSSR count). The first-order valence-corrected chi connectivity index (χ1v) is 4.60. The van der Waals surface area contributed by atoms with Gasteiger partial charge in [0.15, 0.2) is 0 Å². The van der Waals surface area contributed by atoms with Gasteiger partial charge in [0.2, 0.25) is 6.54 Å². The fourth-order valence-electron chi connectivity index (χ4n) is 2.06. The maximum atomic E-state index is 6.67. The van der Waals surface area contributed by atoms with E-state index in [2.05, 4.69) is 11.8 Å². The molecule has 0 bridgehead atoms. The Balaban J connectivity index is 2.19. The van der Waals surface area contributed by atoms with E-state index in [1.165, 1.54) is 32.1 Å². The summed E-state index contributed by atoms with van der Waals surface area (Å²) in [6.07, 6.45) is 7.99. The smallest absolute Gasteiger partial charge is 0.214 e. The van der Waals surface area contributed by atoms with Crippen molar-refractivity contribution in [3.63, 3.8) is 0 Å². The third-order valence-corrected chi connectivity index (χ3v) is 2.86. The molecule has 1 aliphatic carbocycles. The van der Waals surface area contributed by atoms with Crippen molar-refractivity contribution in [3.05, 3.63) is 11.4 Å². The Morgan fingerprint density at radius 1 is 1.36 bits per heavy atom. The van der Waals surface area contributed by atoms with Crippen LogP contribution in [-0.4, -0.2) is 6.54 Å². The lowest BCUT2D eigenvalue weighted by molar-refractivity contribution is 0.304. The predicted octanol–water partition coefficient (Wildman–Crippen LogP) is 3.27. The highest BCUT2D eigenvalue weighted by atomic mass is 14.6. The van der Waals surface area contributed by atoms with Crippen LogP contribution in [0.15, 0.2) is 0 Å². The molecule has 0 N–H and O–H groups in total. The molecule has 0 radical (unpaired) electrons. The molecule has 0 saturated heterocycles. The van der Waals surface area contributed by atoms with Gasteiger partial charge in [0.25, 0.3) is 0 Å². The van der Waals surface area contributed by atoms with Crippen molar-refractivity contribution in [2.24, 2.45) is 5.41 Å². The minimum atomic E-state index is 0.602. The summed E-state index contributed by atoms with van der Waals surface area (Å²) in [4.78, 5) is 3.38. The molecule has 0 spiro atoms. The van der Waals surface area contributed by atoms with Gasteiger partial charge in [0, 0.05) is 6.42 Å². The predicted molar refractivity (Wildman–Crippen MR) is 47.3 cm³/mol. The molecule has 1 fully saturated rings. The Kier molecular flexibility index (Phi) is 2.93. The average Bonchev–Trinajstić information content (AvgIpc) is 2.38. The highest BCUT2D eigenvalue weighted by molar-refractivity contribution is 4.80. The normalized spacial score (nSPS) is 21.5. The largest absolute Gasteiger partial charge is 0.317 e. The molecule has 0 atom stereocenters. The molecule has 0 aromatic rings. The fraction of sp³-hybridized carbons (Fsp3) is 0.900. The quantitative estimate of drug-likeness (QED) is 0.431. The lowest BCUT2D eigenvalue weighted by Gasteiger charge is -2.21. The lowest BCUT2D eigenvalue weighted by Crippen LogP contribution is -2.10. The summed E-state index contributed by atoms with van der Waals surface area (Å²) in [7, 11) is 0. The third-order valence-electron chi connectivity index (χ3n) is 2.86. The van der Waals surface area contributed by atoms with Gasteiger partial charge in [0.1, 0.15) is 0 Å². The molecule has 0 aromatic carbocycles. The van der Waals surface area contributed by atoms with Gasteiger partial charge in [-0.2, -0.15) is 0 Å². The van der Waals surface area contributed by atoms with Gasteiger partial charge in [-0.15, -0.1) is 0 Å².